The zero-order valence-corrected chi connectivity index (χ0v) is 42.0. The number of aliphatic hydroxyl groups excluding tert-OH is 1. The molecule has 1 amide bonds. The number of alkyl halides is 1. The van der Waals surface area contributed by atoms with Gasteiger partial charge in [0.15, 0.2) is 17.1 Å². The summed E-state index contributed by atoms with van der Waals surface area (Å²) in [4.78, 5) is 26.7. The second kappa shape index (κ2) is 26.7. The van der Waals surface area contributed by atoms with Crippen LogP contribution in [0, 0.1) is 28.6 Å². The largest absolute Gasteiger partial charge is 0.390 e. The van der Waals surface area contributed by atoms with Crippen LogP contribution in [-0.4, -0.2) is 77.0 Å². The molecule has 4 rings (SSSR count). The Labute approximate surface area is 387 Å². The van der Waals surface area contributed by atoms with Gasteiger partial charge in [-0.2, -0.15) is 0 Å². The van der Waals surface area contributed by atoms with Crippen LogP contribution in [0.2, 0.25) is 0 Å². The van der Waals surface area contributed by atoms with Crippen LogP contribution in [-0.2, 0) is 9.59 Å². The molecule has 4 aliphatic carbocycles. The summed E-state index contributed by atoms with van der Waals surface area (Å²) in [5.41, 5.74) is -4.98. The molecular weight excluding hydrogens is 784 g/mol. The average Bonchev–Trinajstić information content (AvgIpc) is 3.45. The van der Waals surface area contributed by atoms with E-state index >= 15 is 4.39 Å². The van der Waals surface area contributed by atoms with Crippen LogP contribution in [0.4, 0.5) is 4.39 Å². The molecule has 0 bridgehead atoms. The van der Waals surface area contributed by atoms with E-state index in [1.165, 1.54) is 186 Å². The maximum Gasteiger partial charge on any atom is 0.253 e. The van der Waals surface area contributed by atoms with Crippen LogP contribution in [0.25, 0.3) is 0 Å². The Balaban J connectivity index is 1.26. The molecule has 8 atom stereocenters. The monoisotopic (exact) mass is 884 g/mol. The number of rotatable bonds is 34. The van der Waals surface area contributed by atoms with Gasteiger partial charge in [-0.05, 0) is 82.3 Å². The van der Waals surface area contributed by atoms with Crippen molar-refractivity contribution < 1.29 is 28.7 Å². The zero-order valence-electron chi connectivity index (χ0n) is 42.0. The number of nitrogens with zero attached hydrogens (tertiary/aromatic N) is 1. The summed E-state index contributed by atoms with van der Waals surface area (Å²) in [5.74, 6) is -1.64. The first-order chi connectivity index (χ1) is 30.2. The van der Waals surface area contributed by atoms with Crippen molar-refractivity contribution in [2.45, 2.75) is 257 Å². The molecule has 3 saturated carbocycles. The van der Waals surface area contributed by atoms with Gasteiger partial charge in [-0.25, -0.2) is 4.39 Å². The first-order valence-corrected chi connectivity index (χ1v) is 27.4. The van der Waals surface area contributed by atoms with Gasteiger partial charge in [-0.3, -0.25) is 9.59 Å². The number of unbranched alkanes of at least 4 members (excludes halogenated alkanes) is 26. The van der Waals surface area contributed by atoms with Gasteiger partial charge in [0, 0.05) is 16.7 Å². The summed E-state index contributed by atoms with van der Waals surface area (Å²) in [6.45, 7) is 13.8. The van der Waals surface area contributed by atoms with Crippen molar-refractivity contribution in [2.24, 2.45) is 28.6 Å². The standard InChI is InChI=1S/C56H99FN2O4/c1-7-9-11-13-15-17-19-21-23-25-27-29-31-33-40-59(6,41-34-32-30-28-26-24-22-20-18-16-14-12-10-8-2)42-39-58-52(62)56(63)46(3)43-50-49-36-35-47-44-48(60)37-38-53(47,4)55(49,57)51(61)45-54(50,56)5/h37-38,44,46,49-51,61,63H,7-36,39-43,45H2,1-6H3/p+1/t46-,49+,50+,51+,53+,54+,55+,56+/m1/s1. The Hall–Kier alpha value is -1.57. The number of likely N-dealkylation sites (N-methyl/N-ethyl adjacent to an activating group) is 1. The molecule has 364 valence electrons. The molecule has 0 aromatic rings. The van der Waals surface area contributed by atoms with Crippen molar-refractivity contribution in [2.75, 3.05) is 33.2 Å². The highest BCUT2D eigenvalue weighted by Gasteiger charge is 2.75. The SMILES string of the molecule is CCCCCCCCCCCCCCCC[N+](C)(CCCCCCCCCCCCCCCC)CCNC(=O)[C@@]1(O)[C@H](C)C[C@H]2[C@@H]3CCC4=CC(=O)C=C[C@]4(C)[C@@]3(F)[C@@H](O)C[C@@]21C. The van der Waals surface area contributed by atoms with Crippen molar-refractivity contribution in [3.8, 4) is 0 Å². The highest BCUT2D eigenvalue weighted by Crippen LogP contribution is 2.70. The third kappa shape index (κ3) is 14.0. The Morgan fingerprint density at radius 1 is 0.714 bits per heavy atom. The molecule has 3 fully saturated rings. The van der Waals surface area contributed by atoms with Crippen LogP contribution in [0.1, 0.15) is 240 Å². The van der Waals surface area contributed by atoms with Gasteiger partial charge in [-0.1, -0.05) is 193 Å². The lowest BCUT2D eigenvalue weighted by Crippen LogP contribution is -2.70. The number of carbonyl (C=O) groups is 2. The minimum atomic E-state index is -1.97. The molecule has 0 unspecified atom stereocenters. The number of quaternary nitrogens is 1. The molecule has 0 radical (unpaired) electrons. The number of halogens is 1. The lowest BCUT2D eigenvalue weighted by atomic mass is 9.44. The Morgan fingerprint density at radius 2 is 1.14 bits per heavy atom. The molecule has 7 heteroatoms. The summed E-state index contributed by atoms with van der Waals surface area (Å²) in [5, 5.41) is 27.6. The molecule has 63 heavy (non-hydrogen) atoms. The molecule has 4 aliphatic rings. The molecule has 0 aromatic carbocycles. The quantitative estimate of drug-likeness (QED) is 0.0444. The minimum absolute atomic E-state index is 0.00953. The minimum Gasteiger partial charge on any atom is -0.390 e. The molecule has 0 aliphatic heterocycles. The molecule has 0 heterocycles. The van der Waals surface area contributed by atoms with Crippen LogP contribution in [0.5, 0.6) is 0 Å². The highest BCUT2D eigenvalue weighted by molar-refractivity contribution is 6.01. The van der Waals surface area contributed by atoms with Crippen molar-refractivity contribution in [3.63, 3.8) is 0 Å². The van der Waals surface area contributed by atoms with Gasteiger partial charge in [0.25, 0.3) is 5.91 Å². The second-order valence-electron chi connectivity index (χ2n) is 22.4. The maximum atomic E-state index is 17.7. The van der Waals surface area contributed by atoms with Crippen molar-refractivity contribution in [3.05, 3.63) is 23.8 Å². The van der Waals surface area contributed by atoms with E-state index in [4.69, 9.17) is 0 Å². The van der Waals surface area contributed by atoms with Gasteiger partial charge in [0.2, 0.25) is 0 Å². The molecule has 0 spiro atoms. The molecular formula is C56H100FN2O4+. The third-order valence-electron chi connectivity index (χ3n) is 17.6. The van der Waals surface area contributed by atoms with Crippen LogP contribution >= 0.6 is 0 Å². The summed E-state index contributed by atoms with van der Waals surface area (Å²) in [6, 6.07) is 0. The van der Waals surface area contributed by atoms with Gasteiger partial charge < -0.3 is 20.0 Å². The average molecular weight is 884 g/mol. The predicted octanol–water partition coefficient (Wildman–Crippen LogP) is 13.9. The number of hydrogen-bond acceptors (Lipinski definition) is 4. The topological polar surface area (TPSA) is 86.6 Å². The number of hydrogen-bond donors (Lipinski definition) is 3. The van der Waals surface area contributed by atoms with E-state index in [2.05, 4.69) is 26.2 Å². The Kier molecular flexibility index (Phi) is 22.9. The Bertz CT molecular complexity index is 1380. The van der Waals surface area contributed by atoms with E-state index in [0.29, 0.717) is 25.8 Å². The molecule has 6 nitrogen and oxygen atoms in total. The fourth-order valence-electron chi connectivity index (χ4n) is 13.3. The fourth-order valence-corrected chi connectivity index (χ4v) is 13.3. The third-order valence-corrected chi connectivity index (χ3v) is 17.6. The van der Waals surface area contributed by atoms with Gasteiger partial charge in [-0.15, -0.1) is 0 Å². The van der Waals surface area contributed by atoms with E-state index < -0.39 is 34.1 Å². The lowest BCUT2D eigenvalue weighted by Gasteiger charge is -2.62. The smallest absolute Gasteiger partial charge is 0.253 e. The number of amides is 1. The number of ketones is 1. The summed E-state index contributed by atoms with van der Waals surface area (Å²) < 4.78 is 18.6. The van der Waals surface area contributed by atoms with Crippen LogP contribution in [0.3, 0.4) is 0 Å². The van der Waals surface area contributed by atoms with E-state index in [-0.39, 0.29) is 29.9 Å². The second-order valence-corrected chi connectivity index (χ2v) is 22.4. The van der Waals surface area contributed by atoms with Crippen LogP contribution in [0.15, 0.2) is 23.8 Å². The Morgan fingerprint density at radius 3 is 1.59 bits per heavy atom. The lowest BCUT2D eigenvalue weighted by molar-refractivity contribution is -0.908. The number of carbonyl (C=O) groups excluding carboxylic acids is 2. The number of fused-ring (bicyclic) bond motifs is 5. The highest BCUT2D eigenvalue weighted by atomic mass is 19.1. The van der Waals surface area contributed by atoms with E-state index in [9.17, 15) is 19.8 Å². The first kappa shape index (κ1) is 54.0. The zero-order chi connectivity index (χ0) is 45.8. The summed E-state index contributed by atoms with van der Waals surface area (Å²) in [7, 11) is 2.37. The van der Waals surface area contributed by atoms with Crippen molar-refractivity contribution >= 4 is 11.7 Å². The number of aliphatic hydroxyl groups is 2. The summed E-state index contributed by atoms with van der Waals surface area (Å²) >= 11 is 0. The van der Waals surface area contributed by atoms with Gasteiger partial charge in [0.05, 0.1) is 39.3 Å². The van der Waals surface area contributed by atoms with E-state index in [0.717, 1.165) is 29.7 Å². The fraction of sp³-hybridized carbons (Fsp3) is 0.893. The predicted molar refractivity (Wildman–Crippen MR) is 262 cm³/mol. The molecule has 0 saturated heterocycles. The van der Waals surface area contributed by atoms with E-state index in [1.807, 2.05) is 20.8 Å². The summed E-state index contributed by atoms with van der Waals surface area (Å²) in [6.07, 6.45) is 42.8. The number of allylic oxidation sites excluding steroid dienone is 4. The number of nitrogens with one attached hydrogen (secondary N) is 1. The molecule has 3 N–H and O–H groups in total. The van der Waals surface area contributed by atoms with Gasteiger partial charge >= 0.3 is 0 Å². The van der Waals surface area contributed by atoms with Gasteiger partial charge in [0.1, 0.15) is 0 Å². The first-order valence-electron chi connectivity index (χ1n) is 27.4. The normalized spacial score (nSPS) is 30.2. The van der Waals surface area contributed by atoms with Crippen molar-refractivity contribution in [1.82, 2.24) is 5.32 Å². The van der Waals surface area contributed by atoms with Crippen molar-refractivity contribution in [1.29, 1.82) is 0 Å². The molecule has 0 aromatic heterocycles. The van der Waals surface area contributed by atoms with Crippen LogP contribution < -0.4 is 5.32 Å². The maximum absolute atomic E-state index is 17.7. The van der Waals surface area contributed by atoms with E-state index in [1.54, 1.807) is 12.2 Å².